The monoisotopic (exact) mass is 379 g/mol. The van der Waals surface area contributed by atoms with Crippen LogP contribution in [0.3, 0.4) is 0 Å². The number of carbonyl (C=O) groups excluding carboxylic acids is 5. The molecule has 10 heteroatoms. The van der Waals surface area contributed by atoms with Crippen LogP contribution in [-0.2, 0) is 48.3 Å². The Morgan fingerprint density at radius 1 is 0.778 bits per heavy atom. The van der Waals surface area contributed by atoms with Gasteiger partial charge in [0, 0.05) is 11.3 Å². The van der Waals surface area contributed by atoms with E-state index in [1.807, 2.05) is 0 Å². The molecule has 1 aliphatic heterocycles. The summed E-state index contributed by atoms with van der Waals surface area (Å²) in [5.74, 6) is -6.95. The van der Waals surface area contributed by atoms with Gasteiger partial charge in [-0.1, -0.05) is 18.2 Å². The Kier molecular flexibility index (Phi) is 5.20. The molecule has 1 unspecified atom stereocenters. The standard InChI is InChI=1S/C17H17NO9/c1-24-12(20)11(19)16(13(21)25-2)9-7-5-6-8-10(9)18-17(16,14(22)26-3)15(23)27-4/h5-8,18H,1-4H3. The minimum absolute atomic E-state index is 0.0657. The lowest BCUT2D eigenvalue weighted by Crippen LogP contribution is -2.71. The van der Waals surface area contributed by atoms with Crippen molar-refractivity contribution in [2.45, 2.75) is 11.0 Å². The number of rotatable bonds is 5. The first kappa shape index (κ1) is 19.9. The summed E-state index contributed by atoms with van der Waals surface area (Å²) in [6.45, 7) is 0. The van der Waals surface area contributed by atoms with E-state index in [1.54, 1.807) is 0 Å². The molecule has 0 amide bonds. The summed E-state index contributed by atoms with van der Waals surface area (Å²) in [5.41, 5.74) is -5.57. The highest BCUT2D eigenvalue weighted by Gasteiger charge is 2.78. The van der Waals surface area contributed by atoms with E-state index in [-0.39, 0.29) is 11.3 Å². The van der Waals surface area contributed by atoms with Gasteiger partial charge in [0.25, 0.3) is 11.3 Å². The van der Waals surface area contributed by atoms with Gasteiger partial charge in [-0.15, -0.1) is 0 Å². The number of esters is 4. The first-order chi connectivity index (χ1) is 12.8. The van der Waals surface area contributed by atoms with Gasteiger partial charge < -0.3 is 24.3 Å². The van der Waals surface area contributed by atoms with Gasteiger partial charge >= 0.3 is 23.9 Å². The third kappa shape index (κ3) is 2.36. The molecule has 0 aliphatic carbocycles. The van der Waals surface area contributed by atoms with Crippen molar-refractivity contribution in [3.8, 4) is 0 Å². The maximum atomic E-state index is 13.1. The lowest BCUT2D eigenvalue weighted by atomic mass is 9.64. The van der Waals surface area contributed by atoms with Crippen molar-refractivity contribution in [3.63, 3.8) is 0 Å². The minimum atomic E-state index is -2.76. The second kappa shape index (κ2) is 7.06. The predicted molar refractivity (Wildman–Crippen MR) is 87.5 cm³/mol. The highest BCUT2D eigenvalue weighted by molar-refractivity contribution is 6.46. The fourth-order valence-electron chi connectivity index (χ4n) is 3.26. The van der Waals surface area contributed by atoms with Gasteiger partial charge in [-0.05, 0) is 6.07 Å². The quantitative estimate of drug-likeness (QED) is 0.304. The highest BCUT2D eigenvalue weighted by Crippen LogP contribution is 2.50. The average molecular weight is 379 g/mol. The molecule has 1 heterocycles. The van der Waals surface area contributed by atoms with Crippen LogP contribution >= 0.6 is 0 Å². The summed E-state index contributed by atoms with van der Waals surface area (Å²) in [4.78, 5) is 63.6. The molecule has 0 spiro atoms. The van der Waals surface area contributed by atoms with Crippen LogP contribution < -0.4 is 5.32 Å². The number of fused-ring (bicyclic) bond motifs is 1. The number of hydrogen-bond donors (Lipinski definition) is 1. The zero-order chi connectivity index (χ0) is 20.4. The molecule has 0 aromatic heterocycles. The Morgan fingerprint density at radius 2 is 1.30 bits per heavy atom. The Labute approximate surface area is 153 Å². The summed E-state index contributed by atoms with van der Waals surface area (Å²) >= 11 is 0. The third-order valence-corrected chi connectivity index (χ3v) is 4.40. The highest BCUT2D eigenvalue weighted by atomic mass is 16.6. The Hall–Kier alpha value is -3.43. The Balaban J connectivity index is 3.04. The molecule has 0 fully saturated rings. The van der Waals surface area contributed by atoms with E-state index in [0.717, 1.165) is 28.4 Å². The van der Waals surface area contributed by atoms with Gasteiger partial charge in [-0.25, -0.2) is 14.4 Å². The lowest BCUT2D eigenvalue weighted by Gasteiger charge is -2.37. The van der Waals surface area contributed by atoms with Gasteiger partial charge in [0.15, 0.2) is 0 Å². The molecular formula is C17H17NO9. The molecule has 144 valence electrons. The van der Waals surface area contributed by atoms with Gasteiger partial charge in [0.1, 0.15) is 0 Å². The number of carbonyl (C=O) groups is 5. The zero-order valence-electron chi connectivity index (χ0n) is 15.0. The van der Waals surface area contributed by atoms with Gasteiger partial charge in [0.05, 0.1) is 28.4 Å². The molecule has 1 N–H and O–H groups in total. The van der Waals surface area contributed by atoms with Crippen LogP contribution in [0.2, 0.25) is 0 Å². The molecule has 0 bridgehead atoms. The first-order valence-corrected chi connectivity index (χ1v) is 7.55. The van der Waals surface area contributed by atoms with E-state index >= 15 is 0 Å². The van der Waals surface area contributed by atoms with E-state index in [2.05, 4.69) is 10.1 Å². The number of benzene rings is 1. The molecule has 27 heavy (non-hydrogen) atoms. The topological polar surface area (TPSA) is 134 Å². The van der Waals surface area contributed by atoms with Crippen molar-refractivity contribution in [3.05, 3.63) is 29.8 Å². The number of nitrogens with one attached hydrogen (secondary N) is 1. The number of hydrogen-bond acceptors (Lipinski definition) is 10. The van der Waals surface area contributed by atoms with Gasteiger partial charge in [0.2, 0.25) is 5.41 Å². The van der Waals surface area contributed by atoms with E-state index in [9.17, 15) is 24.0 Å². The zero-order valence-corrected chi connectivity index (χ0v) is 15.0. The van der Waals surface area contributed by atoms with Crippen LogP contribution in [0.15, 0.2) is 24.3 Å². The van der Waals surface area contributed by atoms with E-state index in [0.29, 0.717) is 0 Å². The summed E-state index contributed by atoms with van der Waals surface area (Å²) in [6, 6.07) is 5.69. The Bertz CT molecular complexity index is 815. The minimum Gasteiger partial charge on any atom is -0.468 e. The fourth-order valence-corrected chi connectivity index (χ4v) is 3.26. The largest absolute Gasteiger partial charge is 0.468 e. The number of ether oxygens (including phenoxy) is 4. The molecule has 1 aromatic rings. The van der Waals surface area contributed by atoms with Crippen LogP contribution in [0, 0.1) is 0 Å². The molecule has 10 nitrogen and oxygen atoms in total. The normalized spacial score (nSPS) is 19.1. The summed E-state index contributed by atoms with van der Waals surface area (Å²) in [7, 11) is 3.75. The van der Waals surface area contributed by atoms with Crippen molar-refractivity contribution >= 4 is 35.3 Å². The molecule has 0 saturated carbocycles. The number of para-hydroxylation sites is 1. The van der Waals surface area contributed by atoms with E-state index in [4.69, 9.17) is 14.2 Å². The third-order valence-electron chi connectivity index (χ3n) is 4.40. The van der Waals surface area contributed by atoms with Crippen LogP contribution in [0.5, 0.6) is 0 Å². The number of Topliss-reactive ketones (excluding diaryl/α,β-unsaturated/α-hetero) is 1. The molecule has 1 aliphatic rings. The van der Waals surface area contributed by atoms with Crippen LogP contribution in [0.25, 0.3) is 0 Å². The smallest absolute Gasteiger partial charge is 0.376 e. The summed E-state index contributed by atoms with van der Waals surface area (Å²) < 4.78 is 18.6. The van der Waals surface area contributed by atoms with Gasteiger partial charge in [-0.2, -0.15) is 0 Å². The fraction of sp³-hybridized carbons (Fsp3) is 0.353. The predicted octanol–water partition coefficient (Wildman–Crippen LogP) is -0.650. The number of anilines is 1. The molecule has 0 radical (unpaired) electrons. The molecule has 1 aromatic carbocycles. The molecule has 1 atom stereocenters. The average Bonchev–Trinajstić information content (AvgIpc) is 3.03. The maximum absolute atomic E-state index is 13.1. The second-order valence-electron chi connectivity index (χ2n) is 5.47. The maximum Gasteiger partial charge on any atom is 0.376 e. The lowest BCUT2D eigenvalue weighted by molar-refractivity contribution is -0.176. The SMILES string of the molecule is COC(=O)C(=O)C1(C(=O)OC)c2ccccc2NC1(C(=O)OC)C(=O)OC. The molecular weight excluding hydrogens is 362 g/mol. The summed E-state index contributed by atoms with van der Waals surface area (Å²) in [5, 5.41) is 2.54. The van der Waals surface area contributed by atoms with Gasteiger partial charge in [-0.3, -0.25) is 9.59 Å². The van der Waals surface area contributed by atoms with Crippen molar-refractivity contribution < 1.29 is 42.9 Å². The van der Waals surface area contributed by atoms with Crippen LogP contribution in [0.1, 0.15) is 5.56 Å². The Morgan fingerprint density at radius 3 is 1.78 bits per heavy atom. The number of ketones is 1. The summed E-state index contributed by atoms with van der Waals surface area (Å²) in [6.07, 6.45) is 0. The van der Waals surface area contributed by atoms with Crippen molar-refractivity contribution in [1.82, 2.24) is 0 Å². The molecule has 0 saturated heterocycles. The van der Waals surface area contributed by atoms with E-state index < -0.39 is 40.6 Å². The molecule has 2 rings (SSSR count). The van der Waals surface area contributed by atoms with Crippen molar-refractivity contribution in [2.75, 3.05) is 33.8 Å². The first-order valence-electron chi connectivity index (χ1n) is 7.55. The van der Waals surface area contributed by atoms with Crippen molar-refractivity contribution in [2.24, 2.45) is 0 Å². The second-order valence-corrected chi connectivity index (χ2v) is 5.47. The van der Waals surface area contributed by atoms with Crippen molar-refractivity contribution in [1.29, 1.82) is 0 Å². The van der Waals surface area contributed by atoms with E-state index in [1.165, 1.54) is 24.3 Å². The van der Waals surface area contributed by atoms with Crippen LogP contribution in [0.4, 0.5) is 5.69 Å². The number of methoxy groups -OCH3 is 4. The van der Waals surface area contributed by atoms with Crippen LogP contribution in [-0.4, -0.2) is 63.6 Å².